The molecule has 1 fully saturated rings. The molecule has 0 amide bonds. The van der Waals surface area contributed by atoms with Gasteiger partial charge >= 0.3 is 0 Å². The Labute approximate surface area is 99.7 Å². The standard InChI is InChI=1S/C12H27N3O/c1-4-15(8-9-16-5-2)12(10-13)6-7-14(3)11-12/h4-11,13H2,1-3H3. The quantitative estimate of drug-likeness (QED) is 0.641. The molecule has 1 unspecified atom stereocenters. The number of likely N-dealkylation sites (N-methyl/N-ethyl adjacent to an activating group) is 2. The summed E-state index contributed by atoms with van der Waals surface area (Å²) in [5.74, 6) is 0. The lowest BCUT2D eigenvalue weighted by molar-refractivity contribution is 0.0569. The Kier molecular flexibility index (Phi) is 5.69. The fourth-order valence-corrected chi connectivity index (χ4v) is 2.66. The fourth-order valence-electron chi connectivity index (χ4n) is 2.66. The van der Waals surface area contributed by atoms with Gasteiger partial charge in [-0.05, 0) is 33.5 Å². The number of hydrogen-bond donors (Lipinski definition) is 1. The monoisotopic (exact) mass is 229 g/mol. The second kappa shape index (κ2) is 6.55. The highest BCUT2D eigenvalue weighted by Crippen LogP contribution is 2.25. The van der Waals surface area contributed by atoms with E-state index in [0.717, 1.165) is 45.9 Å². The van der Waals surface area contributed by atoms with Gasteiger partial charge in [0.1, 0.15) is 0 Å². The van der Waals surface area contributed by atoms with Crippen molar-refractivity contribution < 1.29 is 4.74 Å². The van der Waals surface area contributed by atoms with Gasteiger partial charge in [0.15, 0.2) is 0 Å². The molecule has 1 saturated heterocycles. The molecule has 4 nitrogen and oxygen atoms in total. The third-order valence-corrected chi connectivity index (χ3v) is 3.67. The smallest absolute Gasteiger partial charge is 0.0593 e. The van der Waals surface area contributed by atoms with Gasteiger partial charge in [-0.15, -0.1) is 0 Å². The lowest BCUT2D eigenvalue weighted by atomic mass is 9.96. The van der Waals surface area contributed by atoms with Crippen LogP contribution in [0.2, 0.25) is 0 Å². The average Bonchev–Trinajstić information content (AvgIpc) is 2.68. The Hall–Kier alpha value is -0.160. The number of nitrogens with zero attached hydrogens (tertiary/aromatic N) is 2. The van der Waals surface area contributed by atoms with E-state index in [-0.39, 0.29) is 5.54 Å². The molecule has 0 aromatic carbocycles. The molecule has 1 aliphatic heterocycles. The van der Waals surface area contributed by atoms with Gasteiger partial charge in [-0.2, -0.15) is 0 Å². The van der Waals surface area contributed by atoms with E-state index in [0.29, 0.717) is 0 Å². The first-order valence-corrected chi connectivity index (χ1v) is 6.40. The number of hydrogen-bond acceptors (Lipinski definition) is 4. The van der Waals surface area contributed by atoms with Crippen LogP contribution < -0.4 is 5.73 Å². The predicted octanol–water partition coefficient (Wildman–Crippen LogP) is 0.378. The molecule has 0 bridgehead atoms. The van der Waals surface area contributed by atoms with Crippen molar-refractivity contribution in [2.45, 2.75) is 25.8 Å². The molecule has 16 heavy (non-hydrogen) atoms. The zero-order valence-electron chi connectivity index (χ0n) is 11.0. The molecular formula is C12H27N3O. The van der Waals surface area contributed by atoms with Gasteiger partial charge in [0.05, 0.1) is 6.61 Å². The molecule has 96 valence electrons. The van der Waals surface area contributed by atoms with Crippen LogP contribution in [0, 0.1) is 0 Å². The summed E-state index contributed by atoms with van der Waals surface area (Å²) in [7, 11) is 2.17. The second-order valence-corrected chi connectivity index (χ2v) is 4.69. The third-order valence-electron chi connectivity index (χ3n) is 3.67. The molecule has 0 spiro atoms. The van der Waals surface area contributed by atoms with E-state index < -0.39 is 0 Å². The summed E-state index contributed by atoms with van der Waals surface area (Å²) < 4.78 is 5.45. The van der Waals surface area contributed by atoms with Crippen LogP contribution in [0.3, 0.4) is 0 Å². The normalized spacial score (nSPS) is 26.8. The molecular weight excluding hydrogens is 202 g/mol. The van der Waals surface area contributed by atoms with Gasteiger partial charge in [-0.3, -0.25) is 4.90 Å². The van der Waals surface area contributed by atoms with E-state index in [1.807, 2.05) is 6.92 Å². The summed E-state index contributed by atoms with van der Waals surface area (Å²) in [4.78, 5) is 4.86. The van der Waals surface area contributed by atoms with Crippen molar-refractivity contribution >= 4 is 0 Å². The number of ether oxygens (including phenoxy) is 1. The highest BCUT2D eigenvalue weighted by molar-refractivity contribution is 4.98. The molecule has 1 heterocycles. The predicted molar refractivity (Wildman–Crippen MR) is 67.6 cm³/mol. The molecule has 0 aromatic heterocycles. The van der Waals surface area contributed by atoms with Crippen LogP contribution in [0.1, 0.15) is 20.3 Å². The topological polar surface area (TPSA) is 41.7 Å². The SMILES string of the molecule is CCOCCN(CC)C1(CN)CCN(C)C1. The van der Waals surface area contributed by atoms with Gasteiger partial charge in [0, 0.05) is 31.8 Å². The van der Waals surface area contributed by atoms with Crippen LogP contribution in [0.15, 0.2) is 0 Å². The Bertz CT molecular complexity index is 201. The Morgan fingerprint density at radius 1 is 1.44 bits per heavy atom. The molecule has 0 aromatic rings. The van der Waals surface area contributed by atoms with Crippen LogP contribution >= 0.6 is 0 Å². The summed E-state index contributed by atoms with van der Waals surface area (Å²) in [5, 5.41) is 0. The fraction of sp³-hybridized carbons (Fsp3) is 1.00. The number of likely N-dealkylation sites (tertiary alicyclic amines) is 1. The summed E-state index contributed by atoms with van der Waals surface area (Å²) in [6, 6.07) is 0. The highest BCUT2D eigenvalue weighted by Gasteiger charge is 2.39. The zero-order chi connectivity index (χ0) is 12.0. The van der Waals surface area contributed by atoms with E-state index in [1.54, 1.807) is 0 Å². The Balaban J connectivity index is 2.54. The Morgan fingerprint density at radius 2 is 2.19 bits per heavy atom. The number of nitrogens with two attached hydrogens (primary N) is 1. The maximum absolute atomic E-state index is 6.00. The molecule has 0 radical (unpaired) electrons. The molecule has 0 aliphatic carbocycles. The number of rotatable bonds is 7. The lowest BCUT2D eigenvalue weighted by Crippen LogP contribution is -2.56. The van der Waals surface area contributed by atoms with Gasteiger partial charge in [0.2, 0.25) is 0 Å². The van der Waals surface area contributed by atoms with Crippen molar-refractivity contribution in [1.29, 1.82) is 0 Å². The van der Waals surface area contributed by atoms with Crippen molar-refractivity contribution in [3.05, 3.63) is 0 Å². The Morgan fingerprint density at radius 3 is 2.62 bits per heavy atom. The first kappa shape index (κ1) is 13.9. The summed E-state index contributed by atoms with van der Waals surface area (Å²) in [5.41, 5.74) is 6.18. The third kappa shape index (κ3) is 3.17. The van der Waals surface area contributed by atoms with E-state index >= 15 is 0 Å². The van der Waals surface area contributed by atoms with Crippen molar-refractivity contribution in [1.82, 2.24) is 9.80 Å². The first-order chi connectivity index (χ1) is 7.68. The maximum atomic E-state index is 6.00. The van der Waals surface area contributed by atoms with Crippen molar-refractivity contribution in [3.8, 4) is 0 Å². The van der Waals surface area contributed by atoms with E-state index in [2.05, 4.69) is 23.8 Å². The first-order valence-electron chi connectivity index (χ1n) is 6.40. The van der Waals surface area contributed by atoms with E-state index in [4.69, 9.17) is 10.5 Å². The molecule has 0 saturated carbocycles. The van der Waals surface area contributed by atoms with Crippen LogP contribution in [-0.4, -0.2) is 68.3 Å². The van der Waals surface area contributed by atoms with Gasteiger partial charge < -0.3 is 15.4 Å². The van der Waals surface area contributed by atoms with Gasteiger partial charge in [0.25, 0.3) is 0 Å². The lowest BCUT2D eigenvalue weighted by Gasteiger charge is -2.39. The summed E-state index contributed by atoms with van der Waals surface area (Å²) >= 11 is 0. The molecule has 1 atom stereocenters. The highest BCUT2D eigenvalue weighted by atomic mass is 16.5. The molecule has 2 N–H and O–H groups in total. The van der Waals surface area contributed by atoms with Crippen molar-refractivity contribution in [2.75, 3.05) is 53.0 Å². The van der Waals surface area contributed by atoms with Crippen LogP contribution in [-0.2, 0) is 4.74 Å². The van der Waals surface area contributed by atoms with Gasteiger partial charge in [-0.1, -0.05) is 6.92 Å². The summed E-state index contributed by atoms with van der Waals surface area (Å²) in [6.45, 7) is 10.9. The van der Waals surface area contributed by atoms with Gasteiger partial charge in [-0.25, -0.2) is 0 Å². The van der Waals surface area contributed by atoms with Crippen molar-refractivity contribution in [2.24, 2.45) is 5.73 Å². The summed E-state index contributed by atoms with van der Waals surface area (Å²) in [6.07, 6.45) is 1.18. The molecule has 1 aliphatic rings. The van der Waals surface area contributed by atoms with Crippen LogP contribution in [0.5, 0.6) is 0 Å². The van der Waals surface area contributed by atoms with E-state index in [9.17, 15) is 0 Å². The maximum Gasteiger partial charge on any atom is 0.0593 e. The zero-order valence-corrected chi connectivity index (χ0v) is 11.0. The minimum Gasteiger partial charge on any atom is -0.380 e. The minimum absolute atomic E-state index is 0.181. The van der Waals surface area contributed by atoms with Crippen LogP contribution in [0.25, 0.3) is 0 Å². The van der Waals surface area contributed by atoms with E-state index in [1.165, 1.54) is 6.42 Å². The largest absolute Gasteiger partial charge is 0.380 e. The minimum atomic E-state index is 0.181. The van der Waals surface area contributed by atoms with Crippen molar-refractivity contribution in [3.63, 3.8) is 0 Å². The van der Waals surface area contributed by atoms with Crippen LogP contribution in [0.4, 0.5) is 0 Å². The average molecular weight is 229 g/mol. The second-order valence-electron chi connectivity index (χ2n) is 4.69. The molecule has 4 heteroatoms. The molecule has 1 rings (SSSR count).